The third-order valence-corrected chi connectivity index (χ3v) is 7.49. The largest absolute Gasteiger partial charge is 0.482 e. The SMILES string of the molecule is Cc1ccc(-c2cc(-c3ccc(F)cc3)cc(-c3ccc4c(c3)N(Cc3cc(Cl)ccc3Cl)C(=O)CO4)n2)cc1. The lowest BCUT2D eigenvalue weighted by atomic mass is 9.99. The number of hydrogen-bond donors (Lipinski definition) is 0. The van der Waals surface area contributed by atoms with Crippen molar-refractivity contribution in [3.8, 4) is 39.4 Å². The molecule has 1 amide bonds. The van der Waals surface area contributed by atoms with E-state index in [0.29, 0.717) is 27.2 Å². The van der Waals surface area contributed by atoms with E-state index in [1.165, 1.54) is 12.1 Å². The highest BCUT2D eigenvalue weighted by atomic mass is 35.5. The molecule has 0 saturated heterocycles. The van der Waals surface area contributed by atoms with Gasteiger partial charge in [0.15, 0.2) is 6.61 Å². The molecule has 1 aliphatic heterocycles. The summed E-state index contributed by atoms with van der Waals surface area (Å²) in [6.07, 6.45) is 0. The maximum atomic E-state index is 13.7. The zero-order valence-electron chi connectivity index (χ0n) is 21.5. The van der Waals surface area contributed by atoms with Crippen molar-refractivity contribution in [2.45, 2.75) is 13.5 Å². The van der Waals surface area contributed by atoms with Crippen LogP contribution in [0, 0.1) is 12.7 Å². The highest BCUT2D eigenvalue weighted by Gasteiger charge is 2.27. The normalized spacial score (nSPS) is 12.7. The molecule has 7 heteroatoms. The second kappa shape index (κ2) is 10.8. The maximum absolute atomic E-state index is 13.7. The molecular formula is C33H23Cl2FN2O2. The summed E-state index contributed by atoms with van der Waals surface area (Å²) < 4.78 is 19.4. The highest BCUT2D eigenvalue weighted by molar-refractivity contribution is 6.33. The topological polar surface area (TPSA) is 42.4 Å². The Morgan fingerprint density at radius 3 is 2.23 bits per heavy atom. The molecule has 0 radical (unpaired) electrons. The van der Waals surface area contributed by atoms with E-state index in [0.717, 1.165) is 39.1 Å². The Kier molecular flexibility index (Phi) is 7.01. The van der Waals surface area contributed by atoms with Crippen molar-refractivity contribution in [3.63, 3.8) is 0 Å². The van der Waals surface area contributed by atoms with Crippen molar-refractivity contribution in [1.82, 2.24) is 4.98 Å². The van der Waals surface area contributed by atoms with Crippen LogP contribution in [0.4, 0.5) is 10.1 Å². The summed E-state index contributed by atoms with van der Waals surface area (Å²) in [5, 5.41) is 1.07. The number of fused-ring (bicyclic) bond motifs is 1. The van der Waals surface area contributed by atoms with Crippen LogP contribution in [0.2, 0.25) is 10.0 Å². The Bertz CT molecular complexity index is 1670. The molecule has 0 atom stereocenters. The third kappa shape index (κ3) is 5.31. The minimum atomic E-state index is -0.295. The van der Waals surface area contributed by atoms with E-state index >= 15 is 0 Å². The van der Waals surface area contributed by atoms with Gasteiger partial charge in [0.25, 0.3) is 5.91 Å². The molecule has 4 aromatic carbocycles. The summed E-state index contributed by atoms with van der Waals surface area (Å²) in [6, 6.07) is 29.4. The number of pyridine rings is 1. The summed E-state index contributed by atoms with van der Waals surface area (Å²) in [7, 11) is 0. The van der Waals surface area contributed by atoms with Crippen LogP contribution in [0.25, 0.3) is 33.6 Å². The molecule has 1 aliphatic rings. The first-order valence-corrected chi connectivity index (χ1v) is 13.5. The van der Waals surface area contributed by atoms with Gasteiger partial charge in [-0.05, 0) is 84.3 Å². The fourth-order valence-corrected chi connectivity index (χ4v) is 5.10. The molecule has 0 fully saturated rings. The number of amides is 1. The number of hydrogen-bond acceptors (Lipinski definition) is 3. The number of halogens is 3. The minimum Gasteiger partial charge on any atom is -0.482 e. The summed E-state index contributed by atoms with van der Waals surface area (Å²) >= 11 is 12.6. The molecule has 5 aromatic rings. The Morgan fingerprint density at radius 1 is 0.800 bits per heavy atom. The van der Waals surface area contributed by atoms with Gasteiger partial charge in [-0.25, -0.2) is 9.37 Å². The molecular weight excluding hydrogens is 546 g/mol. The molecule has 0 spiro atoms. The van der Waals surface area contributed by atoms with E-state index < -0.39 is 0 Å². The third-order valence-electron chi connectivity index (χ3n) is 6.88. The van der Waals surface area contributed by atoms with Crippen LogP contribution in [-0.2, 0) is 11.3 Å². The number of carbonyl (C=O) groups is 1. The molecule has 0 saturated carbocycles. The molecule has 198 valence electrons. The van der Waals surface area contributed by atoms with Gasteiger partial charge in [0.05, 0.1) is 23.6 Å². The maximum Gasteiger partial charge on any atom is 0.265 e. The Hall–Kier alpha value is -4.19. The number of aryl methyl sites for hydroxylation is 1. The lowest BCUT2D eigenvalue weighted by Crippen LogP contribution is -2.38. The molecule has 0 N–H and O–H groups in total. The van der Waals surface area contributed by atoms with Gasteiger partial charge < -0.3 is 9.64 Å². The summed E-state index contributed by atoms with van der Waals surface area (Å²) in [5.74, 6) is 0.111. The van der Waals surface area contributed by atoms with Crippen LogP contribution < -0.4 is 9.64 Å². The van der Waals surface area contributed by atoms with E-state index in [9.17, 15) is 9.18 Å². The first-order chi connectivity index (χ1) is 19.3. The molecule has 1 aromatic heterocycles. The smallest absolute Gasteiger partial charge is 0.265 e. The average molecular weight is 569 g/mol. The number of carbonyl (C=O) groups excluding carboxylic acids is 1. The van der Waals surface area contributed by atoms with Crippen molar-refractivity contribution in [1.29, 1.82) is 0 Å². The van der Waals surface area contributed by atoms with Gasteiger partial charge in [0, 0.05) is 21.2 Å². The predicted octanol–water partition coefficient (Wildman–Crippen LogP) is 8.76. The Balaban J connectivity index is 1.46. The van der Waals surface area contributed by atoms with Gasteiger partial charge >= 0.3 is 0 Å². The first-order valence-electron chi connectivity index (χ1n) is 12.7. The van der Waals surface area contributed by atoms with Crippen molar-refractivity contribution in [3.05, 3.63) is 124 Å². The van der Waals surface area contributed by atoms with Crippen molar-refractivity contribution in [2.24, 2.45) is 0 Å². The van der Waals surface area contributed by atoms with Crippen LogP contribution >= 0.6 is 23.2 Å². The number of anilines is 1. The van der Waals surface area contributed by atoms with E-state index in [4.69, 9.17) is 32.9 Å². The fraction of sp³-hybridized carbons (Fsp3) is 0.0909. The number of aromatic nitrogens is 1. The van der Waals surface area contributed by atoms with Crippen LogP contribution in [0.1, 0.15) is 11.1 Å². The predicted molar refractivity (Wildman–Crippen MR) is 158 cm³/mol. The average Bonchev–Trinajstić information content (AvgIpc) is 2.96. The molecule has 2 heterocycles. The van der Waals surface area contributed by atoms with Gasteiger partial charge in [0.2, 0.25) is 0 Å². The zero-order valence-corrected chi connectivity index (χ0v) is 23.0. The monoisotopic (exact) mass is 568 g/mol. The van der Waals surface area contributed by atoms with Crippen LogP contribution in [0.3, 0.4) is 0 Å². The summed E-state index contributed by atoms with van der Waals surface area (Å²) in [4.78, 5) is 19.7. The standard InChI is InChI=1S/C33H23Cl2FN2O2/c1-20-2-4-22(5-3-20)29-15-24(21-6-10-27(36)11-7-21)16-30(37-29)23-8-13-32-31(17-23)38(33(39)19-40-32)18-25-14-26(34)9-12-28(25)35/h2-17H,18-19H2,1H3. The Morgan fingerprint density at radius 2 is 1.48 bits per heavy atom. The van der Waals surface area contributed by atoms with Crippen molar-refractivity contribution < 1.29 is 13.9 Å². The second-order valence-corrected chi connectivity index (χ2v) is 10.5. The molecule has 40 heavy (non-hydrogen) atoms. The van der Waals surface area contributed by atoms with E-state index in [2.05, 4.69) is 0 Å². The number of ether oxygens (including phenoxy) is 1. The van der Waals surface area contributed by atoms with Gasteiger partial charge in [-0.1, -0.05) is 65.2 Å². The summed E-state index contributed by atoms with van der Waals surface area (Å²) in [6.45, 7) is 2.21. The second-order valence-electron chi connectivity index (χ2n) is 9.69. The molecule has 0 unspecified atom stereocenters. The van der Waals surface area contributed by atoms with Crippen molar-refractivity contribution in [2.75, 3.05) is 11.5 Å². The van der Waals surface area contributed by atoms with E-state index in [1.807, 2.05) is 61.5 Å². The van der Waals surface area contributed by atoms with E-state index in [1.54, 1.807) is 35.2 Å². The quantitative estimate of drug-likeness (QED) is 0.213. The lowest BCUT2D eigenvalue weighted by molar-refractivity contribution is -0.121. The highest BCUT2D eigenvalue weighted by Crippen LogP contribution is 2.39. The van der Waals surface area contributed by atoms with Gasteiger partial charge in [-0.3, -0.25) is 4.79 Å². The molecule has 0 aliphatic carbocycles. The van der Waals surface area contributed by atoms with Crippen LogP contribution in [0.5, 0.6) is 5.75 Å². The Labute approximate surface area is 241 Å². The molecule has 6 rings (SSSR count). The van der Waals surface area contributed by atoms with Crippen molar-refractivity contribution >= 4 is 34.8 Å². The molecule has 0 bridgehead atoms. The summed E-state index contributed by atoms with van der Waals surface area (Å²) in [5.41, 5.74) is 7.53. The van der Waals surface area contributed by atoms with Gasteiger partial charge in [-0.2, -0.15) is 0 Å². The number of rotatable bonds is 5. The zero-order chi connectivity index (χ0) is 27.8. The first kappa shape index (κ1) is 26.1. The van der Waals surface area contributed by atoms with Gasteiger partial charge in [0.1, 0.15) is 11.6 Å². The minimum absolute atomic E-state index is 0.0690. The lowest BCUT2D eigenvalue weighted by Gasteiger charge is -2.30. The fourth-order valence-electron chi connectivity index (χ4n) is 4.73. The number of benzene rings is 4. The molecule has 4 nitrogen and oxygen atoms in total. The van der Waals surface area contributed by atoms with E-state index in [-0.39, 0.29) is 24.9 Å². The van der Waals surface area contributed by atoms with Crippen LogP contribution in [0.15, 0.2) is 97.1 Å². The van der Waals surface area contributed by atoms with Crippen LogP contribution in [-0.4, -0.2) is 17.5 Å². The number of nitrogens with zero attached hydrogens (tertiary/aromatic N) is 2. The van der Waals surface area contributed by atoms with Gasteiger partial charge in [-0.15, -0.1) is 0 Å².